The number of amides is 1. The number of carbonyl (C=O) groups excluding carboxylic acids is 1. The molecular formula is C24H28ClN3O2. The summed E-state index contributed by atoms with van der Waals surface area (Å²) in [4.78, 5) is 12.7. The van der Waals surface area contributed by atoms with E-state index in [0.717, 1.165) is 35.6 Å². The van der Waals surface area contributed by atoms with Crippen molar-refractivity contribution in [3.8, 4) is 5.75 Å². The molecule has 0 unspecified atom stereocenters. The molecule has 0 saturated heterocycles. The Morgan fingerprint density at radius 1 is 1.20 bits per heavy atom. The van der Waals surface area contributed by atoms with Crippen LogP contribution >= 0.6 is 11.6 Å². The maximum Gasteiger partial charge on any atom is 0.257 e. The van der Waals surface area contributed by atoms with Crippen molar-refractivity contribution in [1.29, 1.82) is 0 Å². The summed E-state index contributed by atoms with van der Waals surface area (Å²) in [6, 6.07) is 11.2. The van der Waals surface area contributed by atoms with Crippen molar-refractivity contribution in [2.24, 2.45) is 11.8 Å². The topological polar surface area (TPSA) is 56.1 Å². The number of ether oxygens (including phenoxy) is 1. The number of hydrogen-bond donors (Lipinski definition) is 1. The highest BCUT2D eigenvalue weighted by atomic mass is 35.5. The quantitative estimate of drug-likeness (QED) is 0.519. The van der Waals surface area contributed by atoms with Crippen LogP contribution in [0.5, 0.6) is 5.75 Å². The van der Waals surface area contributed by atoms with Gasteiger partial charge in [0.1, 0.15) is 5.75 Å². The van der Waals surface area contributed by atoms with Gasteiger partial charge in [0.15, 0.2) is 0 Å². The maximum atomic E-state index is 12.7. The van der Waals surface area contributed by atoms with E-state index in [1.807, 2.05) is 12.1 Å². The van der Waals surface area contributed by atoms with Gasteiger partial charge < -0.3 is 10.1 Å². The predicted molar refractivity (Wildman–Crippen MR) is 122 cm³/mol. The molecule has 0 atom stereocenters. The standard InChI is InChI=1S/C24H28ClN3O2/c1-15(2)16-8-10-18(11-9-16)28-14-17-12-22(23(30-3)13-21(17)27-28)26-24(29)19-6-4-5-7-20(19)25/h4-7,12-16,18H,8-11H2,1-3H3,(H,26,29)/t16-,18-. The Hall–Kier alpha value is -2.53. The first-order valence-corrected chi connectivity index (χ1v) is 11.0. The Bertz CT molecular complexity index is 1050. The Morgan fingerprint density at radius 3 is 2.60 bits per heavy atom. The Morgan fingerprint density at radius 2 is 1.93 bits per heavy atom. The molecule has 3 aromatic rings. The summed E-state index contributed by atoms with van der Waals surface area (Å²) in [5.74, 6) is 1.88. The summed E-state index contributed by atoms with van der Waals surface area (Å²) < 4.78 is 7.62. The van der Waals surface area contributed by atoms with Crippen molar-refractivity contribution in [3.63, 3.8) is 0 Å². The second-order valence-corrected chi connectivity index (χ2v) is 8.87. The molecule has 0 aliphatic heterocycles. The van der Waals surface area contributed by atoms with Gasteiger partial charge in [-0.3, -0.25) is 9.48 Å². The molecular weight excluding hydrogens is 398 g/mol. The predicted octanol–water partition coefficient (Wildman–Crippen LogP) is 6.34. The lowest BCUT2D eigenvalue weighted by Gasteiger charge is -2.30. The van der Waals surface area contributed by atoms with Gasteiger partial charge in [-0.25, -0.2) is 0 Å². The van der Waals surface area contributed by atoms with Crippen molar-refractivity contribution in [3.05, 3.63) is 53.2 Å². The molecule has 2 aromatic carbocycles. The van der Waals surface area contributed by atoms with Crippen molar-refractivity contribution < 1.29 is 9.53 Å². The van der Waals surface area contributed by atoms with Crippen molar-refractivity contribution >= 4 is 34.1 Å². The minimum atomic E-state index is -0.266. The minimum Gasteiger partial charge on any atom is -0.494 e. The molecule has 1 heterocycles. The van der Waals surface area contributed by atoms with Crippen LogP contribution in [0, 0.1) is 11.8 Å². The summed E-state index contributed by atoms with van der Waals surface area (Å²) in [7, 11) is 1.59. The van der Waals surface area contributed by atoms with E-state index in [2.05, 4.69) is 30.0 Å². The van der Waals surface area contributed by atoms with E-state index in [1.165, 1.54) is 12.8 Å². The van der Waals surface area contributed by atoms with Crippen LogP contribution in [0.1, 0.15) is 55.9 Å². The average Bonchev–Trinajstić information content (AvgIpc) is 3.16. The molecule has 1 aromatic heterocycles. The summed E-state index contributed by atoms with van der Waals surface area (Å²) in [5.41, 5.74) is 1.91. The number of halogens is 1. The number of anilines is 1. The smallest absolute Gasteiger partial charge is 0.257 e. The number of nitrogens with one attached hydrogen (secondary N) is 1. The van der Waals surface area contributed by atoms with E-state index < -0.39 is 0 Å². The van der Waals surface area contributed by atoms with Crippen LogP contribution in [0.3, 0.4) is 0 Å². The number of carbonyl (C=O) groups is 1. The normalized spacial score (nSPS) is 19.2. The molecule has 4 rings (SSSR count). The first kappa shape index (κ1) is 20.7. The van der Waals surface area contributed by atoms with Gasteiger partial charge in [0.25, 0.3) is 5.91 Å². The number of methoxy groups -OCH3 is 1. The van der Waals surface area contributed by atoms with E-state index in [4.69, 9.17) is 21.4 Å². The third-order valence-corrected chi connectivity index (χ3v) is 6.60. The molecule has 30 heavy (non-hydrogen) atoms. The van der Waals surface area contributed by atoms with Gasteiger partial charge in [0.2, 0.25) is 0 Å². The Balaban J connectivity index is 1.58. The largest absolute Gasteiger partial charge is 0.494 e. The highest BCUT2D eigenvalue weighted by molar-refractivity contribution is 6.34. The Labute approximate surface area is 182 Å². The highest BCUT2D eigenvalue weighted by Crippen LogP contribution is 2.37. The van der Waals surface area contributed by atoms with Crippen molar-refractivity contribution in [1.82, 2.24) is 9.78 Å². The second-order valence-electron chi connectivity index (χ2n) is 8.47. The van der Waals surface area contributed by atoms with Crippen molar-refractivity contribution in [2.75, 3.05) is 12.4 Å². The minimum absolute atomic E-state index is 0.266. The van der Waals surface area contributed by atoms with Crippen molar-refractivity contribution in [2.45, 2.75) is 45.6 Å². The number of benzene rings is 2. The molecule has 158 valence electrons. The molecule has 1 saturated carbocycles. The molecule has 5 nitrogen and oxygen atoms in total. The number of fused-ring (bicyclic) bond motifs is 1. The number of hydrogen-bond acceptors (Lipinski definition) is 3. The fraction of sp³-hybridized carbons (Fsp3) is 0.417. The zero-order valence-electron chi connectivity index (χ0n) is 17.7. The average molecular weight is 426 g/mol. The molecule has 0 bridgehead atoms. The highest BCUT2D eigenvalue weighted by Gasteiger charge is 2.25. The van der Waals surface area contributed by atoms with Gasteiger partial charge in [-0.15, -0.1) is 0 Å². The van der Waals surface area contributed by atoms with Crippen LogP contribution in [0.2, 0.25) is 5.02 Å². The number of aromatic nitrogens is 2. The van der Waals surface area contributed by atoms with Gasteiger partial charge in [0, 0.05) is 17.6 Å². The molecule has 1 N–H and O–H groups in total. The van der Waals surface area contributed by atoms with Gasteiger partial charge in [-0.2, -0.15) is 5.10 Å². The van der Waals surface area contributed by atoms with Crippen LogP contribution < -0.4 is 10.1 Å². The summed E-state index contributed by atoms with van der Waals surface area (Å²) >= 11 is 6.17. The zero-order chi connectivity index (χ0) is 21.3. The first-order valence-electron chi connectivity index (χ1n) is 10.6. The van der Waals surface area contributed by atoms with Crippen LogP contribution in [-0.4, -0.2) is 22.8 Å². The number of nitrogens with zero attached hydrogens (tertiary/aromatic N) is 2. The lowest BCUT2D eigenvalue weighted by Crippen LogP contribution is -2.21. The van der Waals surface area contributed by atoms with Gasteiger partial charge in [-0.05, 0) is 55.7 Å². The molecule has 1 aliphatic carbocycles. The zero-order valence-corrected chi connectivity index (χ0v) is 18.4. The van der Waals surface area contributed by atoms with E-state index in [1.54, 1.807) is 31.4 Å². The molecule has 1 amide bonds. The van der Waals surface area contributed by atoms with E-state index in [0.29, 0.717) is 28.1 Å². The third kappa shape index (κ3) is 4.17. The first-order chi connectivity index (χ1) is 14.5. The van der Waals surface area contributed by atoms with Gasteiger partial charge >= 0.3 is 0 Å². The second kappa shape index (κ2) is 8.68. The van der Waals surface area contributed by atoms with Crippen LogP contribution in [0.15, 0.2) is 42.6 Å². The lowest BCUT2D eigenvalue weighted by atomic mass is 9.80. The molecule has 1 aliphatic rings. The molecule has 1 fully saturated rings. The fourth-order valence-corrected chi connectivity index (χ4v) is 4.61. The van der Waals surface area contributed by atoms with Crippen LogP contribution in [-0.2, 0) is 0 Å². The van der Waals surface area contributed by atoms with Gasteiger partial charge in [0.05, 0.1) is 34.9 Å². The maximum absolute atomic E-state index is 12.7. The molecule has 0 spiro atoms. The SMILES string of the molecule is COc1cc2nn([C@H]3CC[C@H](C(C)C)CC3)cc2cc1NC(=O)c1ccccc1Cl. The van der Waals surface area contributed by atoms with E-state index in [-0.39, 0.29) is 5.91 Å². The van der Waals surface area contributed by atoms with Gasteiger partial charge in [-0.1, -0.05) is 37.6 Å². The lowest BCUT2D eigenvalue weighted by molar-refractivity contribution is 0.102. The van der Waals surface area contributed by atoms with E-state index >= 15 is 0 Å². The van der Waals surface area contributed by atoms with Crippen LogP contribution in [0.25, 0.3) is 10.9 Å². The van der Waals surface area contributed by atoms with E-state index in [9.17, 15) is 4.79 Å². The number of rotatable bonds is 5. The molecule has 6 heteroatoms. The summed E-state index contributed by atoms with van der Waals surface area (Å²) in [6.07, 6.45) is 6.90. The summed E-state index contributed by atoms with van der Waals surface area (Å²) in [6.45, 7) is 4.63. The summed E-state index contributed by atoms with van der Waals surface area (Å²) in [5, 5.41) is 9.14. The fourth-order valence-electron chi connectivity index (χ4n) is 4.39. The third-order valence-electron chi connectivity index (χ3n) is 6.27. The molecule has 0 radical (unpaired) electrons. The Kier molecular flexibility index (Phi) is 6.00. The van der Waals surface area contributed by atoms with Crippen LogP contribution in [0.4, 0.5) is 5.69 Å². The monoisotopic (exact) mass is 425 g/mol.